The molecule has 1 atom stereocenters. The van der Waals surface area contributed by atoms with Crippen LogP contribution in [0.2, 0.25) is 0 Å². The zero-order valence-electron chi connectivity index (χ0n) is 12.3. The number of hydrogen-bond donors (Lipinski definition) is 0. The summed E-state index contributed by atoms with van der Waals surface area (Å²) in [7, 11) is 0. The minimum absolute atomic E-state index is 0.116. The summed E-state index contributed by atoms with van der Waals surface area (Å²) in [5, 5.41) is 2.73. The third kappa shape index (κ3) is 1.61. The van der Waals surface area contributed by atoms with Crippen LogP contribution in [-0.4, -0.2) is 0 Å². The van der Waals surface area contributed by atoms with Crippen molar-refractivity contribution >= 4 is 11.6 Å². The lowest BCUT2D eigenvalue weighted by molar-refractivity contribution is 0.454. The van der Waals surface area contributed by atoms with Gasteiger partial charge in [0.05, 0.1) is 5.41 Å². The predicted molar refractivity (Wildman–Crippen MR) is 79.5 cm³/mol. The maximum Gasteiger partial charge on any atom is 0.117 e. The van der Waals surface area contributed by atoms with Crippen molar-refractivity contribution in [2.45, 2.75) is 40.0 Å². The summed E-state index contributed by atoms with van der Waals surface area (Å²) in [6, 6.07) is 8.57. The molecule has 0 bridgehead atoms. The van der Waals surface area contributed by atoms with Gasteiger partial charge in [-0.15, -0.1) is 0 Å². The van der Waals surface area contributed by atoms with E-state index in [9.17, 15) is 0 Å². The number of benzene rings is 1. The van der Waals surface area contributed by atoms with Gasteiger partial charge in [-0.3, -0.25) is 0 Å². The average Bonchev–Trinajstić information content (AvgIpc) is 2.90. The van der Waals surface area contributed by atoms with E-state index in [0.29, 0.717) is 0 Å². The van der Waals surface area contributed by atoms with Gasteiger partial charge < -0.3 is 4.42 Å². The molecular formula is C18H20O. The first-order valence-corrected chi connectivity index (χ1v) is 6.81. The molecule has 0 N–H and O–H groups in total. The Bertz CT molecular complexity index is 777. The van der Waals surface area contributed by atoms with Crippen LogP contribution in [0.1, 0.15) is 36.5 Å². The van der Waals surface area contributed by atoms with Crippen molar-refractivity contribution in [1.29, 1.82) is 0 Å². The van der Waals surface area contributed by atoms with Crippen molar-refractivity contribution in [3.8, 4) is 0 Å². The van der Waals surface area contributed by atoms with Crippen molar-refractivity contribution < 1.29 is 4.42 Å². The Kier molecular flexibility index (Phi) is 2.50. The summed E-state index contributed by atoms with van der Waals surface area (Å²) < 4.78 is 5.89. The Morgan fingerprint density at radius 3 is 2.32 bits per heavy atom. The van der Waals surface area contributed by atoms with Crippen LogP contribution in [0.15, 0.2) is 28.7 Å². The standard InChI is InChI=1S/C18H20O/c1-11-6-8-15-10-18(5,14(4)17(15)13(11)3)16-9-7-12(2)19-16/h6-10H,1-5H3. The molecule has 1 unspecified atom stereocenters. The molecular weight excluding hydrogens is 232 g/mol. The van der Waals surface area contributed by atoms with E-state index in [4.69, 9.17) is 4.42 Å². The summed E-state index contributed by atoms with van der Waals surface area (Å²) in [5.74, 6) is 2.01. The van der Waals surface area contributed by atoms with E-state index in [1.807, 2.05) is 13.0 Å². The number of furan rings is 1. The van der Waals surface area contributed by atoms with Gasteiger partial charge in [0.1, 0.15) is 11.5 Å². The van der Waals surface area contributed by atoms with Gasteiger partial charge in [-0.25, -0.2) is 0 Å². The molecule has 0 spiro atoms. The first-order valence-electron chi connectivity index (χ1n) is 6.81. The molecule has 3 rings (SSSR count). The summed E-state index contributed by atoms with van der Waals surface area (Å²) in [4.78, 5) is 0. The Balaban J connectivity index is 2.35. The number of aryl methyl sites for hydroxylation is 2. The quantitative estimate of drug-likeness (QED) is 0.760. The van der Waals surface area contributed by atoms with Crippen molar-refractivity contribution in [2.24, 2.45) is 0 Å². The molecule has 1 nitrogen and oxygen atoms in total. The topological polar surface area (TPSA) is 13.1 Å². The van der Waals surface area contributed by atoms with E-state index in [1.165, 1.54) is 27.1 Å². The normalized spacial score (nSPS) is 21.4. The van der Waals surface area contributed by atoms with Gasteiger partial charge in [-0.2, -0.15) is 0 Å². The van der Waals surface area contributed by atoms with Crippen LogP contribution in [0.25, 0.3) is 11.6 Å². The molecule has 0 radical (unpaired) electrons. The summed E-state index contributed by atoms with van der Waals surface area (Å²) in [6.45, 7) is 10.9. The first kappa shape index (κ1) is 12.3. The smallest absolute Gasteiger partial charge is 0.117 e. The monoisotopic (exact) mass is 252 g/mol. The van der Waals surface area contributed by atoms with Crippen LogP contribution < -0.4 is 10.4 Å². The van der Waals surface area contributed by atoms with Gasteiger partial charge in [0.25, 0.3) is 0 Å². The molecule has 19 heavy (non-hydrogen) atoms. The lowest BCUT2D eigenvalue weighted by Gasteiger charge is -2.22. The Labute approximate surface area is 114 Å². The van der Waals surface area contributed by atoms with Crippen molar-refractivity contribution in [3.63, 3.8) is 0 Å². The average molecular weight is 252 g/mol. The maximum absolute atomic E-state index is 5.89. The second-order valence-electron chi connectivity index (χ2n) is 5.85. The Morgan fingerprint density at radius 1 is 0.947 bits per heavy atom. The molecule has 0 amide bonds. The van der Waals surface area contributed by atoms with Crippen LogP contribution in [0, 0.1) is 20.8 Å². The molecule has 0 saturated heterocycles. The van der Waals surface area contributed by atoms with Crippen LogP contribution in [-0.2, 0) is 5.41 Å². The fourth-order valence-corrected chi connectivity index (χ4v) is 3.10. The van der Waals surface area contributed by atoms with E-state index < -0.39 is 0 Å². The highest BCUT2D eigenvalue weighted by molar-refractivity contribution is 5.74. The molecule has 0 fully saturated rings. The van der Waals surface area contributed by atoms with E-state index in [2.05, 4.69) is 52.0 Å². The fraction of sp³-hybridized carbons (Fsp3) is 0.333. The largest absolute Gasteiger partial charge is 0.465 e. The molecule has 1 aliphatic carbocycles. The number of rotatable bonds is 1. The molecule has 1 aromatic carbocycles. The third-order valence-corrected chi connectivity index (χ3v) is 4.62. The molecule has 0 aliphatic heterocycles. The molecule has 0 saturated carbocycles. The highest BCUT2D eigenvalue weighted by Crippen LogP contribution is 2.36. The molecule has 2 aromatic rings. The van der Waals surface area contributed by atoms with Crippen molar-refractivity contribution in [1.82, 2.24) is 0 Å². The minimum Gasteiger partial charge on any atom is -0.465 e. The second kappa shape index (κ2) is 3.86. The lowest BCUT2D eigenvalue weighted by atomic mass is 9.82. The number of fused-ring (bicyclic) bond motifs is 1. The fourth-order valence-electron chi connectivity index (χ4n) is 3.10. The van der Waals surface area contributed by atoms with Gasteiger partial charge in [-0.05, 0) is 73.9 Å². The van der Waals surface area contributed by atoms with E-state index in [-0.39, 0.29) is 5.41 Å². The Morgan fingerprint density at radius 2 is 1.68 bits per heavy atom. The summed E-state index contributed by atoms with van der Waals surface area (Å²) >= 11 is 0. The predicted octanol–water partition coefficient (Wildman–Crippen LogP) is 3.13. The lowest BCUT2D eigenvalue weighted by Crippen LogP contribution is -2.27. The molecule has 1 aromatic heterocycles. The van der Waals surface area contributed by atoms with Crippen molar-refractivity contribution in [2.75, 3.05) is 0 Å². The molecule has 1 heterocycles. The third-order valence-electron chi connectivity index (χ3n) is 4.62. The van der Waals surface area contributed by atoms with Crippen LogP contribution in [0.3, 0.4) is 0 Å². The van der Waals surface area contributed by atoms with Gasteiger partial charge in [0.2, 0.25) is 0 Å². The van der Waals surface area contributed by atoms with Gasteiger partial charge in [0.15, 0.2) is 0 Å². The van der Waals surface area contributed by atoms with Crippen LogP contribution in [0.5, 0.6) is 0 Å². The van der Waals surface area contributed by atoms with Gasteiger partial charge >= 0.3 is 0 Å². The van der Waals surface area contributed by atoms with E-state index in [1.54, 1.807) is 0 Å². The zero-order valence-corrected chi connectivity index (χ0v) is 12.3. The van der Waals surface area contributed by atoms with E-state index in [0.717, 1.165) is 11.5 Å². The minimum atomic E-state index is -0.116. The second-order valence-corrected chi connectivity index (χ2v) is 5.85. The molecule has 98 valence electrons. The SMILES string of the molecule is CC1=c2c(C)c(C)ccc2=CC1(C)c1ccc(C)o1. The molecule has 1 heteroatoms. The van der Waals surface area contributed by atoms with Gasteiger partial charge in [-0.1, -0.05) is 18.2 Å². The van der Waals surface area contributed by atoms with E-state index >= 15 is 0 Å². The number of hydrogen-bond acceptors (Lipinski definition) is 1. The molecule has 1 aliphatic rings. The van der Waals surface area contributed by atoms with Crippen LogP contribution in [0.4, 0.5) is 0 Å². The Hall–Kier alpha value is -1.76. The zero-order chi connectivity index (χ0) is 13.8. The summed E-state index contributed by atoms with van der Waals surface area (Å²) in [5.41, 5.74) is 4.01. The first-order chi connectivity index (χ1) is 8.93. The van der Waals surface area contributed by atoms with Crippen molar-refractivity contribution in [3.05, 3.63) is 57.4 Å². The highest BCUT2D eigenvalue weighted by atomic mass is 16.3. The maximum atomic E-state index is 5.89. The highest BCUT2D eigenvalue weighted by Gasteiger charge is 2.33. The van der Waals surface area contributed by atoms with Gasteiger partial charge in [0, 0.05) is 0 Å². The summed E-state index contributed by atoms with van der Waals surface area (Å²) in [6.07, 6.45) is 2.34. The van der Waals surface area contributed by atoms with Crippen LogP contribution >= 0.6 is 0 Å².